The monoisotopic (exact) mass is 470 g/mol. The highest BCUT2D eigenvalue weighted by molar-refractivity contribution is 7.92. The normalized spacial score (nSPS) is 12.7. The largest absolute Gasteiger partial charge is 0.492 e. The number of hydrogen-bond donors (Lipinski definition) is 4. The van der Waals surface area contributed by atoms with E-state index in [4.69, 9.17) is 4.74 Å². The van der Waals surface area contributed by atoms with Crippen LogP contribution in [-0.4, -0.2) is 53.0 Å². The first-order chi connectivity index (χ1) is 15.8. The first kappa shape index (κ1) is 22.8. The van der Waals surface area contributed by atoms with Gasteiger partial charge in [-0.05, 0) is 36.8 Å². The molecule has 0 spiro atoms. The number of hydrogen-bond acceptors (Lipinski definition) is 7. The zero-order chi connectivity index (χ0) is 23.4. The molecular weight excluding hydrogens is 444 g/mol. The van der Waals surface area contributed by atoms with Crippen LogP contribution in [0.3, 0.4) is 0 Å². The Balaban J connectivity index is 1.26. The van der Waals surface area contributed by atoms with E-state index in [0.717, 1.165) is 22.3 Å². The number of aromatic amines is 1. The van der Waals surface area contributed by atoms with Gasteiger partial charge in [0.25, 0.3) is 10.0 Å². The zero-order valence-electron chi connectivity index (χ0n) is 18.3. The van der Waals surface area contributed by atoms with Crippen LogP contribution in [0.2, 0.25) is 0 Å². The van der Waals surface area contributed by atoms with E-state index in [9.17, 15) is 13.5 Å². The van der Waals surface area contributed by atoms with Crippen molar-refractivity contribution in [2.75, 3.05) is 24.4 Å². The SMILES string of the molecule is Cc1[nH]nc2cc(OCCNCC(O)c3cccc(NS(=O)(=O)c4cn(C)cn4)c3)ccc12. The fourth-order valence-corrected chi connectivity index (χ4v) is 4.39. The van der Waals surface area contributed by atoms with E-state index in [-0.39, 0.29) is 11.6 Å². The second kappa shape index (κ2) is 9.61. The second-order valence-electron chi connectivity index (χ2n) is 7.70. The molecule has 1 unspecified atom stereocenters. The predicted octanol–water partition coefficient (Wildman–Crippen LogP) is 2.11. The number of imidazole rings is 1. The van der Waals surface area contributed by atoms with Crippen LogP contribution in [-0.2, 0) is 17.1 Å². The van der Waals surface area contributed by atoms with E-state index in [1.54, 1.807) is 35.9 Å². The number of aryl methyl sites for hydroxylation is 2. The lowest BCUT2D eigenvalue weighted by Crippen LogP contribution is -2.26. The van der Waals surface area contributed by atoms with Crippen molar-refractivity contribution in [1.82, 2.24) is 25.1 Å². The summed E-state index contributed by atoms with van der Waals surface area (Å²) in [6.45, 7) is 3.21. The molecule has 174 valence electrons. The number of aromatic nitrogens is 4. The summed E-state index contributed by atoms with van der Waals surface area (Å²) in [5.41, 5.74) is 2.81. The molecule has 0 bridgehead atoms. The van der Waals surface area contributed by atoms with Gasteiger partial charge in [0.1, 0.15) is 12.4 Å². The average molecular weight is 471 g/mol. The van der Waals surface area contributed by atoms with E-state index in [2.05, 4.69) is 25.2 Å². The minimum absolute atomic E-state index is 0.0702. The summed E-state index contributed by atoms with van der Waals surface area (Å²) in [6.07, 6.45) is 2.02. The Labute approximate surface area is 191 Å². The fraction of sp³-hybridized carbons (Fsp3) is 0.273. The Morgan fingerprint density at radius 2 is 2.09 bits per heavy atom. The Morgan fingerprint density at radius 3 is 2.88 bits per heavy atom. The topological polar surface area (TPSA) is 134 Å². The van der Waals surface area contributed by atoms with Gasteiger partial charge in [0.05, 0.1) is 17.9 Å². The van der Waals surface area contributed by atoms with Crippen LogP contribution in [0.15, 0.2) is 60.0 Å². The molecule has 2 aromatic carbocycles. The summed E-state index contributed by atoms with van der Waals surface area (Å²) in [6, 6.07) is 12.4. The van der Waals surface area contributed by atoms with Gasteiger partial charge in [0, 0.05) is 49.2 Å². The van der Waals surface area contributed by atoms with Crippen molar-refractivity contribution < 1.29 is 18.3 Å². The summed E-state index contributed by atoms with van der Waals surface area (Å²) in [7, 11) is -2.11. The highest BCUT2D eigenvalue weighted by atomic mass is 32.2. The molecular formula is C22H26N6O4S. The molecule has 0 fully saturated rings. The van der Waals surface area contributed by atoms with Crippen LogP contribution in [0.5, 0.6) is 5.75 Å². The van der Waals surface area contributed by atoms with Crippen molar-refractivity contribution in [3.63, 3.8) is 0 Å². The van der Waals surface area contributed by atoms with E-state index in [1.165, 1.54) is 12.5 Å². The van der Waals surface area contributed by atoms with Gasteiger partial charge in [-0.2, -0.15) is 13.5 Å². The number of H-pyrrole nitrogens is 1. The smallest absolute Gasteiger partial charge is 0.280 e. The fourth-order valence-electron chi connectivity index (χ4n) is 3.36. The zero-order valence-corrected chi connectivity index (χ0v) is 19.1. The van der Waals surface area contributed by atoms with Gasteiger partial charge < -0.3 is 19.7 Å². The lowest BCUT2D eigenvalue weighted by Gasteiger charge is -2.14. The Morgan fingerprint density at radius 1 is 1.24 bits per heavy atom. The number of sulfonamides is 1. The lowest BCUT2D eigenvalue weighted by atomic mass is 10.1. The molecule has 0 saturated heterocycles. The molecule has 4 N–H and O–H groups in total. The third-order valence-electron chi connectivity index (χ3n) is 5.08. The number of fused-ring (bicyclic) bond motifs is 1. The number of ether oxygens (including phenoxy) is 1. The van der Waals surface area contributed by atoms with Crippen LogP contribution in [0, 0.1) is 6.92 Å². The predicted molar refractivity (Wildman–Crippen MR) is 125 cm³/mol. The standard InChI is InChI=1S/C22H26N6O4S/c1-15-19-7-6-18(11-20(19)26-25-15)32-9-8-23-12-21(29)16-4-3-5-17(10-16)27-33(30,31)22-13-28(2)14-24-22/h3-7,10-11,13-14,21,23,27,29H,8-9,12H2,1-2H3,(H,25,26). The quantitative estimate of drug-likeness (QED) is 0.261. The minimum atomic E-state index is -3.80. The highest BCUT2D eigenvalue weighted by Crippen LogP contribution is 2.22. The van der Waals surface area contributed by atoms with Crippen molar-refractivity contribution in [3.05, 3.63) is 66.2 Å². The Hall–Kier alpha value is -3.41. The molecule has 4 rings (SSSR count). The lowest BCUT2D eigenvalue weighted by molar-refractivity contribution is 0.172. The maximum atomic E-state index is 12.4. The molecule has 2 heterocycles. The van der Waals surface area contributed by atoms with Crippen molar-refractivity contribution in [2.45, 2.75) is 18.1 Å². The maximum absolute atomic E-state index is 12.4. The molecule has 0 radical (unpaired) electrons. The third kappa shape index (κ3) is 5.51. The van der Waals surface area contributed by atoms with Crippen molar-refractivity contribution in [2.24, 2.45) is 7.05 Å². The number of nitrogens with one attached hydrogen (secondary N) is 3. The van der Waals surface area contributed by atoms with Gasteiger partial charge >= 0.3 is 0 Å². The molecule has 33 heavy (non-hydrogen) atoms. The first-order valence-corrected chi connectivity index (χ1v) is 11.9. The molecule has 4 aromatic rings. The van der Waals surface area contributed by atoms with Crippen LogP contribution >= 0.6 is 0 Å². The Kier molecular flexibility index (Phi) is 6.63. The van der Waals surface area contributed by atoms with Gasteiger partial charge in [-0.1, -0.05) is 12.1 Å². The number of nitrogens with zero attached hydrogens (tertiary/aromatic N) is 3. The number of aliphatic hydroxyl groups is 1. The average Bonchev–Trinajstić information content (AvgIpc) is 3.39. The molecule has 0 aliphatic carbocycles. The summed E-state index contributed by atoms with van der Waals surface area (Å²) in [5.74, 6) is 0.726. The maximum Gasteiger partial charge on any atom is 0.280 e. The summed E-state index contributed by atoms with van der Waals surface area (Å²) in [4.78, 5) is 3.87. The molecule has 11 heteroatoms. The van der Waals surface area contributed by atoms with Gasteiger partial charge in [0.15, 0.2) is 5.03 Å². The summed E-state index contributed by atoms with van der Waals surface area (Å²) < 4.78 is 34.7. The number of benzene rings is 2. The van der Waals surface area contributed by atoms with Crippen LogP contribution in [0.25, 0.3) is 10.9 Å². The van der Waals surface area contributed by atoms with E-state index in [0.29, 0.717) is 24.4 Å². The molecule has 10 nitrogen and oxygen atoms in total. The van der Waals surface area contributed by atoms with Crippen molar-refractivity contribution in [1.29, 1.82) is 0 Å². The van der Waals surface area contributed by atoms with Crippen molar-refractivity contribution in [3.8, 4) is 5.75 Å². The van der Waals surface area contributed by atoms with Crippen molar-refractivity contribution >= 4 is 26.6 Å². The Bertz CT molecular complexity index is 1350. The summed E-state index contributed by atoms with van der Waals surface area (Å²) in [5, 5.41) is 21.8. The van der Waals surface area contributed by atoms with Gasteiger partial charge in [-0.25, -0.2) is 4.98 Å². The van der Waals surface area contributed by atoms with E-state index >= 15 is 0 Å². The van der Waals surface area contributed by atoms with Crippen LogP contribution < -0.4 is 14.8 Å². The molecule has 0 amide bonds. The third-order valence-corrected chi connectivity index (χ3v) is 6.35. The molecule has 0 aliphatic heterocycles. The number of rotatable bonds is 10. The minimum Gasteiger partial charge on any atom is -0.492 e. The number of anilines is 1. The molecule has 0 saturated carbocycles. The van der Waals surface area contributed by atoms with Gasteiger partial charge in [-0.15, -0.1) is 0 Å². The van der Waals surface area contributed by atoms with Crippen LogP contribution in [0.4, 0.5) is 5.69 Å². The van der Waals surface area contributed by atoms with E-state index < -0.39 is 16.1 Å². The van der Waals surface area contributed by atoms with Gasteiger partial charge in [-0.3, -0.25) is 9.82 Å². The van der Waals surface area contributed by atoms with Gasteiger partial charge in [0.2, 0.25) is 0 Å². The first-order valence-electron chi connectivity index (χ1n) is 10.4. The highest BCUT2D eigenvalue weighted by Gasteiger charge is 2.18. The van der Waals surface area contributed by atoms with Crippen LogP contribution in [0.1, 0.15) is 17.4 Å². The van der Waals surface area contributed by atoms with E-state index in [1.807, 2.05) is 25.1 Å². The molecule has 2 aromatic heterocycles. The number of aliphatic hydroxyl groups excluding tert-OH is 1. The second-order valence-corrected chi connectivity index (χ2v) is 9.33. The summed E-state index contributed by atoms with van der Waals surface area (Å²) >= 11 is 0. The molecule has 1 atom stereocenters. The molecule has 0 aliphatic rings.